The summed E-state index contributed by atoms with van der Waals surface area (Å²) < 4.78 is 5.47. The Bertz CT molecular complexity index is 966. The van der Waals surface area contributed by atoms with Crippen LogP contribution < -0.4 is 5.32 Å². The van der Waals surface area contributed by atoms with Crippen molar-refractivity contribution in [1.29, 1.82) is 0 Å². The fraction of sp³-hybridized carbons (Fsp3) is 0.893. The fourth-order valence-corrected chi connectivity index (χ4v) is 8.45. The van der Waals surface area contributed by atoms with Gasteiger partial charge < -0.3 is 20.3 Å². The lowest BCUT2D eigenvalue weighted by atomic mass is 10.0. The van der Waals surface area contributed by atoms with Gasteiger partial charge in [0.15, 0.2) is 0 Å². The van der Waals surface area contributed by atoms with E-state index in [9.17, 15) is 19.8 Å². The van der Waals surface area contributed by atoms with Crippen molar-refractivity contribution in [2.45, 2.75) is 309 Å². The van der Waals surface area contributed by atoms with Gasteiger partial charge in [-0.25, -0.2) is 0 Å². The number of unbranched alkanes of at least 4 members (excludes halogenated alkanes) is 38. The minimum Gasteiger partial charge on any atom is -0.466 e. The first-order valence-electron chi connectivity index (χ1n) is 27.6. The van der Waals surface area contributed by atoms with Crippen LogP contribution in [0.4, 0.5) is 0 Å². The van der Waals surface area contributed by atoms with Crippen LogP contribution in [-0.4, -0.2) is 47.4 Å². The zero-order valence-electron chi connectivity index (χ0n) is 41.6. The number of nitrogens with one attached hydrogen (secondary N) is 1. The molecule has 0 saturated heterocycles. The van der Waals surface area contributed by atoms with Crippen LogP contribution >= 0.6 is 0 Å². The molecule has 6 heteroatoms. The van der Waals surface area contributed by atoms with Gasteiger partial charge in [0.25, 0.3) is 0 Å². The third-order valence-electron chi connectivity index (χ3n) is 12.7. The van der Waals surface area contributed by atoms with Gasteiger partial charge in [0.2, 0.25) is 5.91 Å². The van der Waals surface area contributed by atoms with Crippen LogP contribution in [-0.2, 0) is 14.3 Å². The minimum absolute atomic E-state index is 0.0108. The summed E-state index contributed by atoms with van der Waals surface area (Å²) in [6.07, 6.45) is 61.8. The summed E-state index contributed by atoms with van der Waals surface area (Å²) in [6.45, 7) is 4.88. The van der Waals surface area contributed by atoms with E-state index in [4.69, 9.17) is 4.74 Å². The molecule has 3 N–H and O–H groups in total. The molecule has 0 fully saturated rings. The van der Waals surface area contributed by atoms with Crippen LogP contribution in [0, 0.1) is 0 Å². The molecular formula is C56H107NO5. The van der Waals surface area contributed by atoms with Crippen LogP contribution in [0.25, 0.3) is 0 Å². The Kier molecular flexibility index (Phi) is 50.6. The van der Waals surface area contributed by atoms with Crippen molar-refractivity contribution in [1.82, 2.24) is 5.32 Å². The third kappa shape index (κ3) is 47.8. The monoisotopic (exact) mass is 874 g/mol. The van der Waals surface area contributed by atoms with Crippen LogP contribution in [0.3, 0.4) is 0 Å². The predicted octanol–water partition coefficient (Wildman–Crippen LogP) is 16.7. The summed E-state index contributed by atoms with van der Waals surface area (Å²) in [4.78, 5) is 24.5. The molecule has 0 aromatic rings. The molecule has 0 radical (unpaired) electrons. The Labute approximate surface area is 386 Å². The van der Waals surface area contributed by atoms with Crippen molar-refractivity contribution in [2.24, 2.45) is 0 Å². The molecule has 62 heavy (non-hydrogen) atoms. The summed E-state index contributed by atoms with van der Waals surface area (Å²) in [5.41, 5.74) is 0. The van der Waals surface area contributed by atoms with E-state index in [0.29, 0.717) is 19.4 Å². The maximum atomic E-state index is 12.4. The van der Waals surface area contributed by atoms with Gasteiger partial charge in [0.1, 0.15) is 0 Å². The maximum absolute atomic E-state index is 12.4. The average Bonchev–Trinajstić information content (AvgIpc) is 3.27. The maximum Gasteiger partial charge on any atom is 0.305 e. The van der Waals surface area contributed by atoms with E-state index in [2.05, 4.69) is 31.3 Å². The second-order valence-corrected chi connectivity index (χ2v) is 18.9. The molecule has 2 atom stereocenters. The van der Waals surface area contributed by atoms with E-state index in [1.165, 1.54) is 212 Å². The highest BCUT2D eigenvalue weighted by Gasteiger charge is 2.18. The SMILES string of the molecule is CCCCCCCCC/C=C\CCCCCCCC(=O)OCCCCCCCCCCCCCCCCC(=O)NC(CO)C(O)/C=C/CCCCCCCCCCCCCCC. The molecule has 2 unspecified atom stereocenters. The van der Waals surface area contributed by atoms with E-state index in [1.807, 2.05) is 6.08 Å². The molecule has 0 saturated carbocycles. The number of aliphatic hydroxyl groups is 2. The number of allylic oxidation sites excluding steroid dienone is 3. The highest BCUT2D eigenvalue weighted by atomic mass is 16.5. The molecular weight excluding hydrogens is 767 g/mol. The van der Waals surface area contributed by atoms with E-state index >= 15 is 0 Å². The van der Waals surface area contributed by atoms with Gasteiger partial charge >= 0.3 is 5.97 Å². The largest absolute Gasteiger partial charge is 0.466 e. The number of carbonyl (C=O) groups is 2. The van der Waals surface area contributed by atoms with Gasteiger partial charge in [0.05, 0.1) is 25.4 Å². The van der Waals surface area contributed by atoms with Crippen molar-refractivity contribution in [3.05, 3.63) is 24.3 Å². The number of aliphatic hydroxyl groups excluding tert-OH is 2. The number of hydrogen-bond donors (Lipinski definition) is 3. The van der Waals surface area contributed by atoms with Crippen molar-refractivity contribution in [2.75, 3.05) is 13.2 Å². The molecule has 0 spiro atoms. The first-order chi connectivity index (χ1) is 30.5. The minimum atomic E-state index is -0.851. The third-order valence-corrected chi connectivity index (χ3v) is 12.7. The Morgan fingerprint density at radius 3 is 1.15 bits per heavy atom. The summed E-state index contributed by atoms with van der Waals surface area (Å²) in [5.74, 6) is -0.0886. The first-order valence-corrected chi connectivity index (χ1v) is 27.6. The van der Waals surface area contributed by atoms with E-state index < -0.39 is 12.1 Å². The Hall–Kier alpha value is -1.66. The van der Waals surface area contributed by atoms with Crippen LogP contribution in [0.2, 0.25) is 0 Å². The summed E-state index contributed by atoms with van der Waals surface area (Å²) in [5, 5.41) is 23.1. The van der Waals surface area contributed by atoms with E-state index in [0.717, 1.165) is 57.8 Å². The standard InChI is InChI=1S/C56H107NO5/c1-3-5-7-9-11-13-15-17-19-21-26-30-34-38-42-46-50-56(61)62-51-47-43-39-35-31-27-23-22-25-29-33-37-41-45-49-55(60)57-53(52-58)54(59)48-44-40-36-32-28-24-20-18-16-14-12-10-8-6-4-2/h19,21,44,48,53-54,58-59H,3-18,20,22-43,45-47,49-52H2,1-2H3,(H,57,60)/b21-19-,48-44+. The lowest BCUT2D eigenvalue weighted by molar-refractivity contribution is -0.143. The number of amides is 1. The molecule has 0 aliphatic heterocycles. The number of hydrogen-bond acceptors (Lipinski definition) is 5. The van der Waals surface area contributed by atoms with Gasteiger partial charge in [0, 0.05) is 12.8 Å². The molecule has 0 heterocycles. The highest BCUT2D eigenvalue weighted by Crippen LogP contribution is 2.16. The van der Waals surface area contributed by atoms with Crippen molar-refractivity contribution >= 4 is 11.9 Å². The highest BCUT2D eigenvalue weighted by molar-refractivity contribution is 5.76. The fourth-order valence-electron chi connectivity index (χ4n) is 8.45. The molecule has 366 valence electrons. The molecule has 1 amide bonds. The summed E-state index contributed by atoms with van der Waals surface area (Å²) in [6, 6.07) is -0.635. The predicted molar refractivity (Wildman–Crippen MR) is 269 cm³/mol. The molecule has 6 nitrogen and oxygen atoms in total. The van der Waals surface area contributed by atoms with Gasteiger partial charge in [-0.1, -0.05) is 250 Å². The quantitative estimate of drug-likeness (QED) is 0.0321. The first kappa shape index (κ1) is 60.3. The molecule has 0 aromatic carbocycles. The van der Waals surface area contributed by atoms with E-state index in [1.54, 1.807) is 6.08 Å². The number of esters is 1. The average molecular weight is 874 g/mol. The van der Waals surface area contributed by atoms with Crippen LogP contribution in [0.5, 0.6) is 0 Å². The van der Waals surface area contributed by atoms with Crippen molar-refractivity contribution < 1.29 is 24.5 Å². The number of carbonyl (C=O) groups excluding carboxylic acids is 2. The van der Waals surface area contributed by atoms with Gasteiger partial charge in [-0.05, 0) is 57.8 Å². The normalized spacial score (nSPS) is 12.8. The number of ether oxygens (including phenoxy) is 1. The zero-order valence-corrected chi connectivity index (χ0v) is 41.6. The molecule has 0 aliphatic carbocycles. The van der Waals surface area contributed by atoms with Gasteiger partial charge in [-0.2, -0.15) is 0 Å². The summed E-state index contributed by atoms with van der Waals surface area (Å²) >= 11 is 0. The molecule has 0 bridgehead atoms. The topological polar surface area (TPSA) is 95.9 Å². The molecule has 0 aromatic heterocycles. The zero-order chi connectivity index (χ0) is 45.1. The van der Waals surface area contributed by atoms with Crippen LogP contribution in [0.1, 0.15) is 296 Å². The van der Waals surface area contributed by atoms with Gasteiger partial charge in [-0.15, -0.1) is 0 Å². The van der Waals surface area contributed by atoms with E-state index in [-0.39, 0.29) is 18.5 Å². The Morgan fingerprint density at radius 2 is 0.758 bits per heavy atom. The second kappa shape index (κ2) is 52.0. The second-order valence-electron chi connectivity index (χ2n) is 18.9. The van der Waals surface area contributed by atoms with Gasteiger partial charge in [-0.3, -0.25) is 9.59 Å². The Balaban J connectivity index is 3.47. The lowest BCUT2D eigenvalue weighted by Crippen LogP contribution is -2.45. The molecule has 0 rings (SSSR count). The molecule has 0 aliphatic rings. The van der Waals surface area contributed by atoms with Crippen molar-refractivity contribution in [3.63, 3.8) is 0 Å². The smallest absolute Gasteiger partial charge is 0.305 e. The Morgan fingerprint density at radius 1 is 0.435 bits per heavy atom. The van der Waals surface area contributed by atoms with Crippen molar-refractivity contribution in [3.8, 4) is 0 Å². The number of rotatable bonds is 51. The lowest BCUT2D eigenvalue weighted by Gasteiger charge is -2.20. The summed E-state index contributed by atoms with van der Waals surface area (Å²) in [7, 11) is 0. The van der Waals surface area contributed by atoms with Crippen LogP contribution in [0.15, 0.2) is 24.3 Å².